The first kappa shape index (κ1) is 20.5. The average molecular weight is 397 g/mol. The molecule has 1 aromatic rings. The molecule has 0 spiro atoms. The highest BCUT2D eigenvalue weighted by atomic mass is 19.4. The van der Waals surface area contributed by atoms with E-state index in [9.17, 15) is 29.0 Å². The summed E-state index contributed by atoms with van der Waals surface area (Å²) in [6.07, 6.45) is -1.24. The van der Waals surface area contributed by atoms with E-state index >= 15 is 0 Å². The zero-order valence-corrected chi connectivity index (χ0v) is 15.6. The zero-order chi connectivity index (χ0) is 21.4. The number of nitrogens with zero attached hydrogens (tertiary/aromatic N) is 4. The summed E-state index contributed by atoms with van der Waals surface area (Å²) in [5, 5.41) is 29.6. The fourth-order valence-corrected chi connectivity index (χ4v) is 4.37. The van der Waals surface area contributed by atoms with Crippen molar-refractivity contribution in [2.75, 3.05) is 13.1 Å². The molecule has 148 valence electrons. The second-order valence-corrected chi connectivity index (χ2v) is 7.12. The lowest BCUT2D eigenvalue weighted by atomic mass is 9.55. The Morgan fingerprint density at radius 3 is 2.41 bits per heavy atom. The highest BCUT2D eigenvalue weighted by Gasteiger charge is 2.57. The number of nitrogens with two attached hydrogens (primary N) is 1. The summed E-state index contributed by atoms with van der Waals surface area (Å²) in [7, 11) is 0. The minimum atomic E-state index is -4.66. The number of nitriles is 3. The predicted octanol–water partition coefficient (Wildman–Crippen LogP) is 3.45. The lowest BCUT2D eigenvalue weighted by Gasteiger charge is -2.47. The van der Waals surface area contributed by atoms with Crippen molar-refractivity contribution in [1.82, 2.24) is 4.90 Å². The lowest BCUT2D eigenvalue weighted by Crippen LogP contribution is -2.54. The van der Waals surface area contributed by atoms with Crippen molar-refractivity contribution in [1.29, 1.82) is 15.8 Å². The van der Waals surface area contributed by atoms with Crippen molar-refractivity contribution in [2.45, 2.75) is 25.1 Å². The second-order valence-electron chi connectivity index (χ2n) is 7.12. The van der Waals surface area contributed by atoms with E-state index in [0.29, 0.717) is 12.1 Å². The molecule has 1 aliphatic carbocycles. The van der Waals surface area contributed by atoms with E-state index in [4.69, 9.17) is 5.73 Å². The van der Waals surface area contributed by atoms with Gasteiger partial charge in [0.25, 0.3) is 0 Å². The third kappa shape index (κ3) is 3.05. The minimum absolute atomic E-state index is 0.0749. The van der Waals surface area contributed by atoms with E-state index in [1.54, 1.807) is 12.3 Å². The number of fused-ring (bicyclic) bond motifs is 1. The van der Waals surface area contributed by atoms with Crippen LogP contribution >= 0.6 is 0 Å². The van der Waals surface area contributed by atoms with Crippen LogP contribution in [0, 0.1) is 45.3 Å². The summed E-state index contributed by atoms with van der Waals surface area (Å²) in [6, 6.07) is 9.42. The molecule has 0 radical (unpaired) electrons. The molecule has 1 aromatic carbocycles. The summed E-state index contributed by atoms with van der Waals surface area (Å²) in [5.74, 6) is -1.80. The van der Waals surface area contributed by atoms with Crippen LogP contribution in [0.2, 0.25) is 0 Å². The monoisotopic (exact) mass is 397 g/mol. The van der Waals surface area contributed by atoms with Crippen molar-refractivity contribution in [3.63, 3.8) is 0 Å². The Labute approximate surface area is 166 Å². The number of hydrogen-bond acceptors (Lipinski definition) is 5. The standard InChI is InChI=1S/C21H18F3N5/c1-2-29-8-7-13-15(9-25)19(28)20(11-26,12-27)18(16(13)10-29)14-5-3-4-6-17(14)21(22,23)24/h3-8,16,18-19H,2,10,28H2,1H3/t16-,18+,19-/m1/s1. The molecule has 0 saturated carbocycles. The molecule has 1 heterocycles. The molecule has 8 heteroatoms. The van der Waals surface area contributed by atoms with Gasteiger partial charge in [0.15, 0.2) is 5.41 Å². The van der Waals surface area contributed by atoms with Gasteiger partial charge in [-0.15, -0.1) is 0 Å². The van der Waals surface area contributed by atoms with Crippen LogP contribution in [0.4, 0.5) is 13.2 Å². The number of benzene rings is 1. The van der Waals surface area contributed by atoms with Crippen LogP contribution in [0.5, 0.6) is 0 Å². The van der Waals surface area contributed by atoms with Crippen molar-refractivity contribution < 1.29 is 13.2 Å². The van der Waals surface area contributed by atoms with Gasteiger partial charge in [-0.1, -0.05) is 18.2 Å². The maximum atomic E-state index is 13.8. The molecule has 0 aromatic heterocycles. The summed E-state index contributed by atoms with van der Waals surface area (Å²) in [4.78, 5) is 1.88. The van der Waals surface area contributed by atoms with Crippen LogP contribution in [-0.2, 0) is 6.18 Å². The molecule has 0 amide bonds. The highest BCUT2D eigenvalue weighted by molar-refractivity contribution is 5.54. The number of allylic oxidation sites excluding steroid dienone is 1. The fourth-order valence-electron chi connectivity index (χ4n) is 4.37. The Bertz CT molecular complexity index is 989. The molecule has 0 saturated heterocycles. The van der Waals surface area contributed by atoms with Gasteiger partial charge in [-0.3, -0.25) is 0 Å². The first-order valence-corrected chi connectivity index (χ1v) is 9.05. The Hall–Kier alpha value is -3.28. The van der Waals surface area contributed by atoms with Crippen LogP contribution in [0.1, 0.15) is 24.0 Å². The highest BCUT2D eigenvalue weighted by Crippen LogP contribution is 2.54. The molecule has 29 heavy (non-hydrogen) atoms. The van der Waals surface area contributed by atoms with Crippen LogP contribution in [0.25, 0.3) is 0 Å². The average Bonchev–Trinajstić information content (AvgIpc) is 2.72. The molecule has 5 nitrogen and oxygen atoms in total. The fraction of sp³-hybridized carbons (Fsp3) is 0.381. The summed E-state index contributed by atoms with van der Waals surface area (Å²) in [6.45, 7) is 2.76. The molecule has 3 rings (SSSR count). The Balaban J connectivity index is 2.37. The van der Waals surface area contributed by atoms with Crippen molar-refractivity contribution in [3.05, 3.63) is 58.8 Å². The van der Waals surface area contributed by atoms with Gasteiger partial charge < -0.3 is 10.6 Å². The molecule has 0 bridgehead atoms. The van der Waals surface area contributed by atoms with E-state index in [2.05, 4.69) is 0 Å². The van der Waals surface area contributed by atoms with Crippen LogP contribution in [0.3, 0.4) is 0 Å². The van der Waals surface area contributed by atoms with Gasteiger partial charge in [0.1, 0.15) is 0 Å². The first-order valence-electron chi connectivity index (χ1n) is 9.05. The van der Waals surface area contributed by atoms with Gasteiger partial charge in [0, 0.05) is 24.9 Å². The molecule has 2 aliphatic rings. The van der Waals surface area contributed by atoms with E-state index in [-0.39, 0.29) is 17.7 Å². The third-order valence-corrected chi connectivity index (χ3v) is 5.80. The van der Waals surface area contributed by atoms with Gasteiger partial charge in [-0.05, 0) is 36.4 Å². The Morgan fingerprint density at radius 2 is 1.86 bits per heavy atom. The summed E-state index contributed by atoms with van der Waals surface area (Å²) >= 11 is 0. The number of halogens is 3. The zero-order valence-electron chi connectivity index (χ0n) is 15.6. The SMILES string of the molecule is CCN1C=CC2=C(C#N)[C@@H](N)C(C#N)(C#N)[C@@H](c3ccccc3C(F)(F)F)[C@@H]2C1. The van der Waals surface area contributed by atoms with Crippen molar-refractivity contribution >= 4 is 0 Å². The van der Waals surface area contributed by atoms with Gasteiger partial charge in [0.05, 0.1) is 35.4 Å². The third-order valence-electron chi connectivity index (χ3n) is 5.80. The quantitative estimate of drug-likeness (QED) is 0.824. The maximum Gasteiger partial charge on any atom is 0.416 e. The van der Waals surface area contributed by atoms with Gasteiger partial charge in [-0.25, -0.2) is 0 Å². The molecular weight excluding hydrogens is 379 g/mol. The van der Waals surface area contributed by atoms with Gasteiger partial charge in [0.2, 0.25) is 0 Å². The predicted molar refractivity (Wildman–Crippen MR) is 98.3 cm³/mol. The number of hydrogen-bond donors (Lipinski definition) is 1. The molecule has 0 unspecified atom stereocenters. The first-order chi connectivity index (χ1) is 13.7. The second kappa shape index (κ2) is 7.28. The summed E-state index contributed by atoms with van der Waals surface area (Å²) < 4.78 is 41.4. The topological polar surface area (TPSA) is 101 Å². The van der Waals surface area contributed by atoms with Crippen LogP contribution < -0.4 is 5.73 Å². The minimum Gasteiger partial charge on any atom is -0.377 e. The summed E-state index contributed by atoms with van der Waals surface area (Å²) in [5.41, 5.74) is 3.71. The van der Waals surface area contributed by atoms with Crippen LogP contribution in [0.15, 0.2) is 47.7 Å². The molecular formula is C21H18F3N5. The smallest absolute Gasteiger partial charge is 0.377 e. The molecule has 0 fully saturated rings. The van der Waals surface area contributed by atoms with E-state index in [1.807, 2.05) is 30.0 Å². The maximum absolute atomic E-state index is 13.8. The van der Waals surface area contributed by atoms with Gasteiger partial charge >= 0.3 is 6.18 Å². The number of alkyl halides is 3. The van der Waals surface area contributed by atoms with Crippen molar-refractivity contribution in [2.24, 2.45) is 17.1 Å². The Morgan fingerprint density at radius 1 is 1.21 bits per heavy atom. The van der Waals surface area contributed by atoms with E-state index in [1.165, 1.54) is 18.2 Å². The lowest BCUT2D eigenvalue weighted by molar-refractivity contribution is -0.138. The van der Waals surface area contributed by atoms with Crippen LogP contribution in [-0.4, -0.2) is 24.0 Å². The normalized spacial score (nSPS) is 25.6. The molecule has 2 N–H and O–H groups in total. The van der Waals surface area contributed by atoms with E-state index < -0.39 is 35.0 Å². The van der Waals surface area contributed by atoms with Gasteiger partial charge in [-0.2, -0.15) is 29.0 Å². The Kier molecular flexibility index (Phi) is 5.13. The molecule has 1 aliphatic heterocycles. The molecule has 3 atom stereocenters. The van der Waals surface area contributed by atoms with E-state index in [0.717, 1.165) is 6.07 Å². The largest absolute Gasteiger partial charge is 0.416 e. The van der Waals surface area contributed by atoms with Crippen molar-refractivity contribution in [3.8, 4) is 18.2 Å². The number of rotatable bonds is 2.